The second-order valence-electron chi connectivity index (χ2n) is 3.58. The molecule has 0 fully saturated rings. The summed E-state index contributed by atoms with van der Waals surface area (Å²) >= 11 is 0. The topological polar surface area (TPSA) is 49.3 Å². The maximum absolute atomic E-state index is 11.1. The second-order valence-corrected chi connectivity index (χ2v) is 3.58. The van der Waals surface area contributed by atoms with Crippen molar-refractivity contribution in [2.24, 2.45) is 0 Å². The van der Waals surface area contributed by atoms with Crippen molar-refractivity contribution in [3.63, 3.8) is 0 Å². The number of rotatable bonds is 5. The summed E-state index contributed by atoms with van der Waals surface area (Å²) in [5.41, 5.74) is 1.85. The number of hydrogen-bond donors (Lipinski definition) is 2. The third kappa shape index (κ3) is 3.06. The molecule has 82 valence electrons. The predicted molar refractivity (Wildman–Crippen MR) is 59.8 cm³/mol. The maximum atomic E-state index is 11.1. The fourth-order valence-electron chi connectivity index (χ4n) is 1.53. The molecule has 3 nitrogen and oxygen atoms in total. The van der Waals surface area contributed by atoms with Gasteiger partial charge in [-0.25, -0.2) is 0 Å². The molecule has 0 saturated carbocycles. The van der Waals surface area contributed by atoms with E-state index in [-0.39, 0.29) is 0 Å². The average Bonchev–Trinajstić information content (AvgIpc) is 2.20. The summed E-state index contributed by atoms with van der Waals surface area (Å²) in [4.78, 5) is 11.1. The van der Waals surface area contributed by atoms with Crippen LogP contribution in [0.4, 0.5) is 0 Å². The fourth-order valence-corrected chi connectivity index (χ4v) is 1.53. The van der Waals surface area contributed by atoms with Crippen LogP contribution in [-0.4, -0.2) is 17.6 Å². The van der Waals surface area contributed by atoms with Crippen molar-refractivity contribution in [1.82, 2.24) is 5.32 Å². The Balaban J connectivity index is 2.89. The van der Waals surface area contributed by atoms with Crippen molar-refractivity contribution in [2.75, 3.05) is 6.54 Å². The zero-order valence-electron chi connectivity index (χ0n) is 9.16. The molecule has 1 unspecified atom stereocenters. The number of carboxylic acid groups (broad SMARTS) is 1. The van der Waals surface area contributed by atoms with Gasteiger partial charge in [-0.3, -0.25) is 4.79 Å². The molecular formula is C12H17NO2. The summed E-state index contributed by atoms with van der Waals surface area (Å²) in [5.74, 6) is -0.822. The van der Waals surface area contributed by atoms with E-state index in [1.54, 1.807) is 0 Å². The summed E-state index contributed by atoms with van der Waals surface area (Å²) in [7, 11) is 0. The normalized spacial score (nSPS) is 12.4. The van der Waals surface area contributed by atoms with E-state index in [9.17, 15) is 4.79 Å². The molecular weight excluding hydrogens is 190 g/mol. The van der Waals surface area contributed by atoms with Crippen LogP contribution in [0.1, 0.15) is 30.5 Å². The largest absolute Gasteiger partial charge is 0.480 e. The summed E-state index contributed by atoms with van der Waals surface area (Å²) in [6.45, 7) is 4.66. The maximum Gasteiger partial charge on any atom is 0.325 e. The second kappa shape index (κ2) is 5.51. The van der Waals surface area contributed by atoms with Crippen molar-refractivity contribution in [3.8, 4) is 0 Å². The van der Waals surface area contributed by atoms with Gasteiger partial charge >= 0.3 is 5.97 Å². The van der Waals surface area contributed by atoms with E-state index >= 15 is 0 Å². The van der Waals surface area contributed by atoms with Crippen LogP contribution in [0, 0.1) is 6.92 Å². The highest BCUT2D eigenvalue weighted by atomic mass is 16.4. The molecule has 0 aromatic heterocycles. The lowest BCUT2D eigenvalue weighted by Crippen LogP contribution is -2.29. The molecule has 0 spiro atoms. The lowest BCUT2D eigenvalue weighted by Gasteiger charge is -2.16. The van der Waals surface area contributed by atoms with Gasteiger partial charge in [0.15, 0.2) is 0 Å². The minimum atomic E-state index is -0.822. The van der Waals surface area contributed by atoms with Crippen molar-refractivity contribution >= 4 is 5.97 Å². The molecule has 0 saturated heterocycles. The van der Waals surface area contributed by atoms with Gasteiger partial charge in [0.1, 0.15) is 6.04 Å². The van der Waals surface area contributed by atoms with Crippen LogP contribution in [0.15, 0.2) is 24.3 Å². The van der Waals surface area contributed by atoms with E-state index in [2.05, 4.69) is 5.32 Å². The lowest BCUT2D eigenvalue weighted by atomic mass is 10.0. The van der Waals surface area contributed by atoms with Crippen LogP contribution in [0.25, 0.3) is 0 Å². The molecule has 3 heteroatoms. The first-order valence-corrected chi connectivity index (χ1v) is 5.18. The molecule has 0 heterocycles. The van der Waals surface area contributed by atoms with Crippen molar-refractivity contribution in [2.45, 2.75) is 26.3 Å². The highest BCUT2D eigenvalue weighted by Crippen LogP contribution is 2.17. The van der Waals surface area contributed by atoms with Gasteiger partial charge in [-0.05, 0) is 31.0 Å². The highest BCUT2D eigenvalue weighted by Gasteiger charge is 2.19. The molecule has 2 N–H and O–H groups in total. The molecule has 0 amide bonds. The smallest absolute Gasteiger partial charge is 0.325 e. The predicted octanol–water partition coefficient (Wildman–Crippen LogP) is 2.12. The van der Waals surface area contributed by atoms with Crippen LogP contribution >= 0.6 is 0 Å². The number of nitrogens with one attached hydrogen (secondary N) is 1. The Morgan fingerprint density at radius 3 is 2.67 bits per heavy atom. The molecule has 1 atom stereocenters. The minimum absolute atomic E-state index is 0.592. The van der Waals surface area contributed by atoms with E-state index in [0.29, 0.717) is 6.54 Å². The van der Waals surface area contributed by atoms with Gasteiger partial charge < -0.3 is 10.4 Å². The van der Waals surface area contributed by atoms with Gasteiger partial charge in [0.2, 0.25) is 0 Å². The number of aryl methyl sites for hydroxylation is 1. The van der Waals surface area contributed by atoms with Gasteiger partial charge in [0.05, 0.1) is 0 Å². The summed E-state index contributed by atoms with van der Waals surface area (Å²) in [5, 5.41) is 12.1. The number of carboxylic acids is 1. The SMILES string of the molecule is CCCNC(C(=O)O)c1ccccc1C. The van der Waals surface area contributed by atoms with Gasteiger partial charge in [-0.2, -0.15) is 0 Å². The van der Waals surface area contributed by atoms with E-state index in [4.69, 9.17) is 5.11 Å². The Kier molecular flexibility index (Phi) is 4.31. The van der Waals surface area contributed by atoms with Crippen molar-refractivity contribution < 1.29 is 9.90 Å². The van der Waals surface area contributed by atoms with E-state index < -0.39 is 12.0 Å². The quantitative estimate of drug-likeness (QED) is 0.777. The average molecular weight is 207 g/mol. The number of benzene rings is 1. The third-order valence-electron chi connectivity index (χ3n) is 2.34. The Morgan fingerprint density at radius 1 is 1.47 bits per heavy atom. The van der Waals surface area contributed by atoms with Crippen LogP contribution < -0.4 is 5.32 Å². The zero-order valence-corrected chi connectivity index (χ0v) is 9.16. The lowest BCUT2D eigenvalue weighted by molar-refractivity contribution is -0.139. The van der Waals surface area contributed by atoms with E-state index in [1.807, 2.05) is 38.1 Å². The molecule has 0 bridgehead atoms. The molecule has 1 rings (SSSR count). The van der Waals surface area contributed by atoms with Gasteiger partial charge in [0, 0.05) is 0 Å². The standard InChI is InChI=1S/C12H17NO2/c1-3-8-13-11(12(14)15)10-7-5-4-6-9(10)2/h4-7,11,13H,3,8H2,1-2H3,(H,14,15). The first kappa shape index (κ1) is 11.7. The van der Waals surface area contributed by atoms with Gasteiger partial charge in [0.25, 0.3) is 0 Å². The molecule has 15 heavy (non-hydrogen) atoms. The summed E-state index contributed by atoms with van der Waals surface area (Å²) in [6, 6.07) is 6.98. The Labute approximate surface area is 90.1 Å². The first-order valence-electron chi connectivity index (χ1n) is 5.18. The van der Waals surface area contributed by atoms with Gasteiger partial charge in [-0.15, -0.1) is 0 Å². The Bertz CT molecular complexity index is 336. The summed E-state index contributed by atoms with van der Waals surface area (Å²) < 4.78 is 0. The minimum Gasteiger partial charge on any atom is -0.480 e. The molecule has 1 aromatic rings. The zero-order chi connectivity index (χ0) is 11.3. The number of carbonyl (C=O) groups is 1. The molecule has 0 aliphatic rings. The van der Waals surface area contributed by atoms with E-state index in [0.717, 1.165) is 17.5 Å². The van der Waals surface area contributed by atoms with E-state index in [1.165, 1.54) is 0 Å². The van der Waals surface area contributed by atoms with Crippen LogP contribution in [0.3, 0.4) is 0 Å². The first-order chi connectivity index (χ1) is 7.16. The molecule has 0 aliphatic carbocycles. The van der Waals surface area contributed by atoms with Crippen LogP contribution in [-0.2, 0) is 4.79 Å². The third-order valence-corrected chi connectivity index (χ3v) is 2.34. The molecule has 1 aromatic carbocycles. The van der Waals surface area contributed by atoms with Crippen LogP contribution in [0.2, 0.25) is 0 Å². The fraction of sp³-hybridized carbons (Fsp3) is 0.417. The molecule has 0 radical (unpaired) electrons. The number of aliphatic carboxylic acids is 1. The Morgan fingerprint density at radius 2 is 2.13 bits per heavy atom. The molecule has 0 aliphatic heterocycles. The van der Waals surface area contributed by atoms with Crippen molar-refractivity contribution in [3.05, 3.63) is 35.4 Å². The van der Waals surface area contributed by atoms with Crippen LogP contribution in [0.5, 0.6) is 0 Å². The summed E-state index contributed by atoms with van der Waals surface area (Å²) in [6.07, 6.45) is 0.926. The highest BCUT2D eigenvalue weighted by molar-refractivity contribution is 5.76. The van der Waals surface area contributed by atoms with Gasteiger partial charge in [-0.1, -0.05) is 31.2 Å². The Hall–Kier alpha value is -1.35. The number of hydrogen-bond acceptors (Lipinski definition) is 2. The van der Waals surface area contributed by atoms with Crippen molar-refractivity contribution in [1.29, 1.82) is 0 Å². The monoisotopic (exact) mass is 207 g/mol.